The van der Waals surface area contributed by atoms with Gasteiger partial charge >= 0.3 is 0 Å². The van der Waals surface area contributed by atoms with Crippen LogP contribution >= 0.6 is 0 Å². The molecule has 1 saturated heterocycles. The van der Waals surface area contributed by atoms with Crippen molar-refractivity contribution in [1.82, 2.24) is 15.1 Å². The largest absolute Gasteiger partial charge is 0.351 e. The van der Waals surface area contributed by atoms with Gasteiger partial charge in [-0.15, -0.1) is 6.58 Å². The van der Waals surface area contributed by atoms with Crippen LogP contribution in [0.3, 0.4) is 0 Å². The average molecular weight is 253 g/mol. The summed E-state index contributed by atoms with van der Waals surface area (Å²) in [4.78, 5) is 27.1. The Labute approximate surface area is 109 Å². The molecule has 0 spiro atoms. The van der Waals surface area contributed by atoms with Gasteiger partial charge in [0, 0.05) is 39.6 Å². The van der Waals surface area contributed by atoms with Gasteiger partial charge in [-0.2, -0.15) is 0 Å². The molecule has 1 aliphatic heterocycles. The smallest absolute Gasteiger partial charge is 0.237 e. The Kier molecular flexibility index (Phi) is 5.85. The third-order valence-corrected chi connectivity index (χ3v) is 3.32. The molecule has 0 aromatic heterocycles. The maximum Gasteiger partial charge on any atom is 0.237 e. The predicted octanol–water partition coefficient (Wildman–Crippen LogP) is 0.231. The number of carbonyl (C=O) groups is 2. The second-order valence-electron chi connectivity index (χ2n) is 4.61. The topological polar surface area (TPSA) is 52.7 Å². The summed E-state index contributed by atoms with van der Waals surface area (Å²) in [6, 6.07) is -0.156. The first-order chi connectivity index (χ1) is 8.56. The third-order valence-electron chi connectivity index (χ3n) is 3.32. The molecule has 1 unspecified atom stereocenters. The number of hydrogen-bond acceptors (Lipinski definition) is 3. The van der Waals surface area contributed by atoms with E-state index in [0.717, 1.165) is 26.1 Å². The fourth-order valence-corrected chi connectivity index (χ4v) is 2.13. The highest BCUT2D eigenvalue weighted by Crippen LogP contribution is 2.07. The van der Waals surface area contributed by atoms with E-state index in [9.17, 15) is 9.59 Å². The number of nitrogens with one attached hydrogen (secondary N) is 1. The van der Waals surface area contributed by atoms with Gasteiger partial charge in [0.05, 0.1) is 6.04 Å². The number of nitrogens with zero attached hydrogens (tertiary/aromatic N) is 2. The van der Waals surface area contributed by atoms with Crippen molar-refractivity contribution >= 4 is 11.8 Å². The Morgan fingerprint density at radius 1 is 1.33 bits per heavy atom. The van der Waals surface area contributed by atoms with E-state index < -0.39 is 0 Å². The van der Waals surface area contributed by atoms with Crippen molar-refractivity contribution in [3.8, 4) is 0 Å². The number of carbonyl (C=O) groups excluding carboxylic acids is 2. The molecule has 0 radical (unpaired) electrons. The predicted molar refractivity (Wildman–Crippen MR) is 71.1 cm³/mol. The van der Waals surface area contributed by atoms with Crippen molar-refractivity contribution in [2.24, 2.45) is 0 Å². The van der Waals surface area contributed by atoms with Gasteiger partial charge in [-0.05, 0) is 13.3 Å². The van der Waals surface area contributed by atoms with Crippen molar-refractivity contribution in [2.45, 2.75) is 26.3 Å². The van der Waals surface area contributed by atoms with Crippen LogP contribution in [0.15, 0.2) is 12.7 Å². The molecule has 5 nitrogen and oxygen atoms in total. The summed E-state index contributed by atoms with van der Waals surface area (Å²) in [6.07, 6.45) is 2.59. The monoisotopic (exact) mass is 253 g/mol. The molecule has 1 rings (SSSR count). The molecule has 1 N–H and O–H groups in total. The van der Waals surface area contributed by atoms with E-state index in [1.165, 1.54) is 0 Å². The van der Waals surface area contributed by atoms with E-state index >= 15 is 0 Å². The van der Waals surface area contributed by atoms with Crippen LogP contribution in [0, 0.1) is 0 Å². The summed E-state index contributed by atoms with van der Waals surface area (Å²) < 4.78 is 0. The first-order valence-electron chi connectivity index (χ1n) is 6.44. The normalized spacial score (nSPS) is 18.9. The average Bonchev–Trinajstić information content (AvgIpc) is 2.60. The van der Waals surface area contributed by atoms with E-state index in [4.69, 9.17) is 0 Å². The maximum absolute atomic E-state index is 11.8. The van der Waals surface area contributed by atoms with Crippen LogP contribution in [0.5, 0.6) is 0 Å². The summed E-state index contributed by atoms with van der Waals surface area (Å²) in [5.74, 6) is 0.131. The summed E-state index contributed by atoms with van der Waals surface area (Å²) in [5.41, 5.74) is 0. The summed E-state index contributed by atoms with van der Waals surface area (Å²) in [7, 11) is 0. The molecule has 1 atom stereocenters. The number of hydrogen-bond donors (Lipinski definition) is 1. The van der Waals surface area contributed by atoms with E-state index in [0.29, 0.717) is 13.1 Å². The lowest BCUT2D eigenvalue weighted by Gasteiger charge is -2.26. The van der Waals surface area contributed by atoms with Crippen molar-refractivity contribution in [3.63, 3.8) is 0 Å². The highest BCUT2D eigenvalue weighted by molar-refractivity contribution is 5.81. The van der Waals surface area contributed by atoms with Gasteiger partial charge in [-0.25, -0.2) is 0 Å². The SMILES string of the molecule is C=CCNC(=O)C(C)N1CCCN(C(C)=O)CC1. The molecule has 0 saturated carbocycles. The van der Waals surface area contributed by atoms with Crippen LogP contribution in [0.25, 0.3) is 0 Å². The zero-order valence-corrected chi connectivity index (χ0v) is 11.3. The van der Waals surface area contributed by atoms with Crippen molar-refractivity contribution in [2.75, 3.05) is 32.7 Å². The Bertz CT molecular complexity index is 317. The van der Waals surface area contributed by atoms with Gasteiger partial charge < -0.3 is 10.2 Å². The molecule has 0 aromatic carbocycles. The molecule has 2 amide bonds. The second-order valence-corrected chi connectivity index (χ2v) is 4.61. The van der Waals surface area contributed by atoms with Crippen LogP contribution in [0.1, 0.15) is 20.3 Å². The highest BCUT2D eigenvalue weighted by Gasteiger charge is 2.24. The minimum absolute atomic E-state index is 0.0196. The molecular formula is C13H23N3O2. The van der Waals surface area contributed by atoms with Crippen LogP contribution < -0.4 is 5.32 Å². The lowest BCUT2D eigenvalue weighted by atomic mass is 10.2. The van der Waals surface area contributed by atoms with E-state index in [1.807, 2.05) is 11.8 Å². The zero-order chi connectivity index (χ0) is 13.5. The first kappa shape index (κ1) is 14.7. The molecule has 1 heterocycles. The minimum Gasteiger partial charge on any atom is -0.351 e. The number of rotatable bonds is 4. The van der Waals surface area contributed by atoms with Gasteiger partial charge in [0.2, 0.25) is 11.8 Å². The van der Waals surface area contributed by atoms with Gasteiger partial charge in [-0.3, -0.25) is 14.5 Å². The molecule has 18 heavy (non-hydrogen) atoms. The standard InChI is InChI=1S/C13H23N3O2/c1-4-6-14-13(18)11(2)15-7-5-8-16(10-9-15)12(3)17/h4,11H,1,5-10H2,2-3H3,(H,14,18). The second kappa shape index (κ2) is 7.16. The van der Waals surface area contributed by atoms with Crippen molar-refractivity contribution in [3.05, 3.63) is 12.7 Å². The van der Waals surface area contributed by atoms with Gasteiger partial charge in [0.15, 0.2) is 0 Å². The van der Waals surface area contributed by atoms with Gasteiger partial charge in [-0.1, -0.05) is 6.08 Å². The molecule has 1 aliphatic rings. The zero-order valence-electron chi connectivity index (χ0n) is 11.3. The molecule has 0 aromatic rings. The molecular weight excluding hydrogens is 230 g/mol. The van der Waals surface area contributed by atoms with E-state index in [1.54, 1.807) is 13.0 Å². The molecule has 5 heteroatoms. The highest BCUT2D eigenvalue weighted by atomic mass is 16.2. The fourth-order valence-electron chi connectivity index (χ4n) is 2.13. The minimum atomic E-state index is -0.156. The lowest BCUT2D eigenvalue weighted by Crippen LogP contribution is -2.46. The summed E-state index contributed by atoms with van der Waals surface area (Å²) >= 11 is 0. The van der Waals surface area contributed by atoms with E-state index in [-0.39, 0.29) is 17.9 Å². The van der Waals surface area contributed by atoms with E-state index in [2.05, 4.69) is 16.8 Å². The molecule has 1 fully saturated rings. The Morgan fingerprint density at radius 3 is 2.67 bits per heavy atom. The van der Waals surface area contributed by atoms with Gasteiger partial charge in [0.1, 0.15) is 0 Å². The molecule has 102 valence electrons. The molecule has 0 bridgehead atoms. The van der Waals surface area contributed by atoms with Crippen LogP contribution in [-0.2, 0) is 9.59 Å². The van der Waals surface area contributed by atoms with Crippen LogP contribution in [-0.4, -0.2) is 60.4 Å². The summed E-state index contributed by atoms with van der Waals surface area (Å²) in [6.45, 7) is 10.7. The maximum atomic E-state index is 11.8. The van der Waals surface area contributed by atoms with Gasteiger partial charge in [0.25, 0.3) is 0 Å². The number of amides is 2. The lowest BCUT2D eigenvalue weighted by molar-refractivity contribution is -0.128. The summed E-state index contributed by atoms with van der Waals surface area (Å²) in [5, 5.41) is 2.80. The fraction of sp³-hybridized carbons (Fsp3) is 0.692. The Balaban J connectivity index is 2.48. The Hall–Kier alpha value is -1.36. The molecule has 0 aliphatic carbocycles. The van der Waals surface area contributed by atoms with Crippen molar-refractivity contribution < 1.29 is 9.59 Å². The van der Waals surface area contributed by atoms with Crippen LogP contribution in [0.2, 0.25) is 0 Å². The van der Waals surface area contributed by atoms with Crippen molar-refractivity contribution in [1.29, 1.82) is 0 Å². The quantitative estimate of drug-likeness (QED) is 0.730. The third kappa shape index (κ3) is 4.14. The first-order valence-corrected chi connectivity index (χ1v) is 6.44. The Morgan fingerprint density at radius 2 is 2.06 bits per heavy atom. The van der Waals surface area contributed by atoms with Crippen LogP contribution in [0.4, 0.5) is 0 Å².